The molecule has 1 aromatic carbocycles. The summed E-state index contributed by atoms with van der Waals surface area (Å²) in [7, 11) is 0. The van der Waals surface area contributed by atoms with Crippen molar-refractivity contribution in [3.63, 3.8) is 0 Å². The Morgan fingerprint density at radius 1 is 1.27 bits per heavy atom. The third-order valence-electron chi connectivity index (χ3n) is 3.58. The highest BCUT2D eigenvalue weighted by Gasteiger charge is 2.13. The van der Waals surface area contributed by atoms with Gasteiger partial charge in [0, 0.05) is 24.5 Å². The summed E-state index contributed by atoms with van der Waals surface area (Å²) in [6.45, 7) is 4.22. The molecule has 1 amide bonds. The van der Waals surface area contributed by atoms with Crippen LogP contribution in [0.3, 0.4) is 0 Å². The van der Waals surface area contributed by atoms with Gasteiger partial charge in [-0.05, 0) is 31.5 Å². The molecule has 0 aliphatic rings. The van der Waals surface area contributed by atoms with E-state index in [2.05, 4.69) is 10.3 Å². The van der Waals surface area contributed by atoms with Crippen LogP contribution in [0.15, 0.2) is 53.4 Å². The molecule has 0 fully saturated rings. The van der Waals surface area contributed by atoms with Gasteiger partial charge in [0.2, 0.25) is 0 Å². The number of aryl methyl sites for hydroxylation is 2. The monoisotopic (exact) mass is 295 g/mol. The van der Waals surface area contributed by atoms with E-state index in [1.165, 1.54) is 6.26 Å². The van der Waals surface area contributed by atoms with Crippen LogP contribution in [-0.4, -0.2) is 15.5 Å². The lowest BCUT2D eigenvalue weighted by Crippen LogP contribution is -2.23. The van der Waals surface area contributed by atoms with Crippen LogP contribution in [0.5, 0.6) is 0 Å². The van der Waals surface area contributed by atoms with Gasteiger partial charge in [-0.2, -0.15) is 0 Å². The van der Waals surface area contributed by atoms with E-state index >= 15 is 0 Å². The number of rotatable bonds is 4. The molecule has 5 heteroatoms. The second-order valence-corrected chi connectivity index (χ2v) is 5.09. The van der Waals surface area contributed by atoms with Gasteiger partial charge in [0.25, 0.3) is 5.91 Å². The molecule has 0 saturated heterocycles. The van der Waals surface area contributed by atoms with E-state index in [0.29, 0.717) is 12.3 Å². The topological polar surface area (TPSA) is 60.1 Å². The van der Waals surface area contributed by atoms with Crippen LogP contribution in [0.4, 0.5) is 0 Å². The summed E-state index contributed by atoms with van der Waals surface area (Å²) in [4.78, 5) is 16.4. The average Bonchev–Trinajstić information content (AvgIpc) is 3.13. The first-order chi connectivity index (χ1) is 10.7. The van der Waals surface area contributed by atoms with Gasteiger partial charge in [0.1, 0.15) is 5.82 Å². The van der Waals surface area contributed by atoms with Crippen molar-refractivity contribution in [3.05, 3.63) is 71.7 Å². The first-order valence-corrected chi connectivity index (χ1v) is 7.07. The molecule has 2 heterocycles. The maximum atomic E-state index is 12.1. The van der Waals surface area contributed by atoms with Gasteiger partial charge >= 0.3 is 0 Å². The van der Waals surface area contributed by atoms with Crippen LogP contribution in [-0.2, 0) is 6.54 Å². The first kappa shape index (κ1) is 14.1. The zero-order valence-electron chi connectivity index (χ0n) is 12.5. The van der Waals surface area contributed by atoms with Gasteiger partial charge in [0.15, 0.2) is 5.76 Å². The zero-order valence-corrected chi connectivity index (χ0v) is 12.5. The number of carbonyl (C=O) groups is 1. The van der Waals surface area contributed by atoms with Crippen LogP contribution >= 0.6 is 0 Å². The number of hydrogen-bond donors (Lipinski definition) is 1. The summed E-state index contributed by atoms with van der Waals surface area (Å²) in [5.74, 6) is 1.05. The van der Waals surface area contributed by atoms with Gasteiger partial charge in [-0.15, -0.1) is 0 Å². The summed E-state index contributed by atoms with van der Waals surface area (Å²) >= 11 is 0. The number of furan rings is 1. The van der Waals surface area contributed by atoms with Crippen LogP contribution in [0.1, 0.15) is 27.5 Å². The van der Waals surface area contributed by atoms with Gasteiger partial charge in [-0.3, -0.25) is 4.79 Å². The molecule has 0 atom stereocenters. The lowest BCUT2D eigenvalue weighted by Gasteiger charge is -2.12. The Morgan fingerprint density at radius 3 is 2.77 bits per heavy atom. The Hall–Kier alpha value is -2.82. The molecule has 2 aromatic heterocycles. The number of nitrogens with one attached hydrogen (secondary N) is 1. The number of imidazole rings is 1. The zero-order chi connectivity index (χ0) is 15.5. The van der Waals surface area contributed by atoms with Gasteiger partial charge in [0.05, 0.1) is 12.0 Å². The summed E-state index contributed by atoms with van der Waals surface area (Å²) < 4.78 is 7.21. The fourth-order valence-electron chi connectivity index (χ4n) is 2.39. The molecular formula is C17H17N3O2. The molecule has 22 heavy (non-hydrogen) atoms. The highest BCUT2D eigenvalue weighted by atomic mass is 16.3. The molecule has 3 aromatic rings. The molecule has 0 radical (unpaired) electrons. The van der Waals surface area contributed by atoms with Crippen molar-refractivity contribution in [2.24, 2.45) is 0 Å². The van der Waals surface area contributed by atoms with E-state index in [-0.39, 0.29) is 5.91 Å². The maximum absolute atomic E-state index is 12.1. The lowest BCUT2D eigenvalue weighted by molar-refractivity contribution is 0.0922. The predicted molar refractivity (Wildman–Crippen MR) is 82.9 cm³/mol. The number of hydrogen-bond acceptors (Lipinski definition) is 3. The molecule has 0 saturated carbocycles. The van der Waals surface area contributed by atoms with E-state index < -0.39 is 0 Å². The molecule has 0 spiro atoms. The van der Waals surface area contributed by atoms with Crippen LogP contribution in [0.2, 0.25) is 0 Å². The number of amides is 1. The standard InChI is InChI=1S/C17H17N3O2/c1-12-7-10-22-16(12)17(21)19-11-14-5-3-4-6-15(14)20-9-8-18-13(20)2/h3-10H,11H2,1-2H3,(H,19,21). The minimum Gasteiger partial charge on any atom is -0.459 e. The molecule has 0 aliphatic carbocycles. The normalized spacial score (nSPS) is 10.6. The summed E-state index contributed by atoms with van der Waals surface area (Å²) in [6, 6.07) is 9.70. The van der Waals surface area contributed by atoms with Gasteiger partial charge < -0.3 is 14.3 Å². The first-order valence-electron chi connectivity index (χ1n) is 7.07. The second-order valence-electron chi connectivity index (χ2n) is 5.09. The van der Waals surface area contributed by atoms with Crippen molar-refractivity contribution < 1.29 is 9.21 Å². The number of aromatic nitrogens is 2. The average molecular weight is 295 g/mol. The Bertz CT molecular complexity index is 802. The van der Waals surface area contributed by atoms with E-state index in [4.69, 9.17) is 4.42 Å². The third kappa shape index (κ3) is 2.65. The molecule has 5 nitrogen and oxygen atoms in total. The van der Waals surface area contributed by atoms with Gasteiger partial charge in [-0.25, -0.2) is 4.98 Å². The second kappa shape index (κ2) is 5.89. The van der Waals surface area contributed by atoms with E-state index in [1.54, 1.807) is 12.3 Å². The SMILES string of the molecule is Cc1ccoc1C(=O)NCc1ccccc1-n1ccnc1C. The smallest absolute Gasteiger partial charge is 0.287 e. The van der Waals surface area contributed by atoms with Crippen molar-refractivity contribution >= 4 is 5.91 Å². The predicted octanol–water partition coefficient (Wildman–Crippen LogP) is 3.01. The van der Waals surface area contributed by atoms with Crippen molar-refractivity contribution in [3.8, 4) is 5.69 Å². The Morgan fingerprint density at radius 2 is 2.09 bits per heavy atom. The summed E-state index contributed by atoms with van der Waals surface area (Å²) in [6.07, 6.45) is 5.19. The number of benzene rings is 1. The minimum atomic E-state index is -0.209. The van der Waals surface area contributed by atoms with Gasteiger partial charge in [-0.1, -0.05) is 18.2 Å². The summed E-state index contributed by atoms with van der Waals surface area (Å²) in [5, 5.41) is 2.90. The van der Waals surface area contributed by atoms with Crippen molar-refractivity contribution in [2.75, 3.05) is 0 Å². The molecule has 1 N–H and O–H groups in total. The Kier molecular flexibility index (Phi) is 3.78. The van der Waals surface area contributed by atoms with Crippen molar-refractivity contribution in [1.82, 2.24) is 14.9 Å². The molecule has 112 valence electrons. The van der Waals surface area contributed by atoms with Crippen LogP contribution < -0.4 is 5.32 Å². The van der Waals surface area contributed by atoms with Crippen LogP contribution in [0.25, 0.3) is 5.69 Å². The highest BCUT2D eigenvalue weighted by Crippen LogP contribution is 2.16. The number of carbonyl (C=O) groups excluding carboxylic acids is 1. The quantitative estimate of drug-likeness (QED) is 0.805. The van der Waals surface area contributed by atoms with Crippen LogP contribution in [0, 0.1) is 13.8 Å². The van der Waals surface area contributed by atoms with Crippen molar-refractivity contribution in [1.29, 1.82) is 0 Å². The molecule has 3 rings (SSSR count). The molecule has 0 bridgehead atoms. The molecular weight excluding hydrogens is 278 g/mol. The maximum Gasteiger partial charge on any atom is 0.287 e. The Balaban J connectivity index is 1.81. The van der Waals surface area contributed by atoms with Crippen molar-refractivity contribution in [2.45, 2.75) is 20.4 Å². The molecule has 0 unspecified atom stereocenters. The van der Waals surface area contributed by atoms with E-state index in [0.717, 1.165) is 22.6 Å². The third-order valence-corrected chi connectivity index (χ3v) is 3.58. The summed E-state index contributed by atoms with van der Waals surface area (Å²) in [5.41, 5.74) is 2.85. The lowest BCUT2D eigenvalue weighted by atomic mass is 10.1. The molecule has 0 aliphatic heterocycles. The number of nitrogens with zero attached hydrogens (tertiary/aromatic N) is 2. The highest BCUT2D eigenvalue weighted by molar-refractivity contribution is 5.92. The number of para-hydroxylation sites is 1. The largest absolute Gasteiger partial charge is 0.459 e. The van der Waals surface area contributed by atoms with E-state index in [1.807, 2.05) is 48.9 Å². The minimum absolute atomic E-state index is 0.209. The fraction of sp³-hybridized carbons (Fsp3) is 0.176. The van der Waals surface area contributed by atoms with E-state index in [9.17, 15) is 4.79 Å². The Labute approximate surface area is 128 Å². The fourth-order valence-corrected chi connectivity index (χ4v) is 2.39.